The Kier molecular flexibility index (Phi) is 8.35. The lowest BCUT2D eigenvalue weighted by Gasteiger charge is -2.23. The lowest BCUT2D eigenvalue weighted by molar-refractivity contribution is -0.139. The highest BCUT2D eigenvalue weighted by atomic mass is 16.4. The highest BCUT2D eigenvalue weighted by Crippen LogP contribution is 2.03. The Labute approximate surface area is 119 Å². The van der Waals surface area contributed by atoms with Gasteiger partial charge in [0.2, 0.25) is 5.91 Å². The summed E-state index contributed by atoms with van der Waals surface area (Å²) in [7, 11) is 3.07. The summed E-state index contributed by atoms with van der Waals surface area (Å²) in [6.45, 7) is 3.89. The number of amides is 3. The molecule has 0 rings (SSSR count). The number of aliphatic carboxylic acids is 1. The molecule has 0 aliphatic rings. The molecular weight excluding hydrogens is 262 g/mol. The second-order valence-electron chi connectivity index (χ2n) is 4.88. The summed E-state index contributed by atoms with van der Waals surface area (Å²) in [6, 6.07) is -1.37. The molecule has 2 atom stereocenters. The molecule has 0 aromatic rings. The van der Waals surface area contributed by atoms with Crippen molar-refractivity contribution in [3.05, 3.63) is 0 Å². The zero-order valence-electron chi connectivity index (χ0n) is 12.6. The molecule has 7 nitrogen and oxygen atoms in total. The first-order valence-electron chi connectivity index (χ1n) is 6.79. The first-order chi connectivity index (χ1) is 9.33. The molecule has 3 amide bonds. The number of nitrogens with zero attached hydrogens (tertiary/aromatic N) is 1. The standard InChI is InChI=1S/C13H25N3O4/c1-5-6-7-10(12(18)19)15-13(20)16(4)8-9(2)11(17)14-3/h9-10H,5-8H2,1-4H3,(H,14,17)(H,15,20)(H,18,19). The molecule has 0 aromatic carbocycles. The van der Waals surface area contributed by atoms with Gasteiger partial charge in [-0.25, -0.2) is 9.59 Å². The Bertz CT molecular complexity index is 347. The summed E-state index contributed by atoms with van der Waals surface area (Å²) in [5.74, 6) is -1.56. The Morgan fingerprint density at radius 2 is 1.90 bits per heavy atom. The summed E-state index contributed by atoms with van der Waals surface area (Å²) < 4.78 is 0. The second-order valence-corrected chi connectivity index (χ2v) is 4.88. The number of carboxylic acid groups (broad SMARTS) is 1. The van der Waals surface area contributed by atoms with Crippen molar-refractivity contribution in [3.63, 3.8) is 0 Å². The highest BCUT2D eigenvalue weighted by molar-refractivity contribution is 5.83. The van der Waals surface area contributed by atoms with E-state index in [-0.39, 0.29) is 18.4 Å². The topological polar surface area (TPSA) is 98.7 Å². The largest absolute Gasteiger partial charge is 0.480 e. The summed E-state index contributed by atoms with van der Waals surface area (Å²) in [5.41, 5.74) is 0. The number of nitrogens with one attached hydrogen (secondary N) is 2. The SMILES string of the molecule is CCCCC(NC(=O)N(C)CC(C)C(=O)NC)C(=O)O. The van der Waals surface area contributed by atoms with Gasteiger partial charge in [-0.2, -0.15) is 0 Å². The minimum Gasteiger partial charge on any atom is -0.480 e. The maximum atomic E-state index is 11.9. The molecule has 0 aromatic heterocycles. The lowest BCUT2D eigenvalue weighted by Crippen LogP contribution is -2.48. The molecule has 0 bridgehead atoms. The van der Waals surface area contributed by atoms with E-state index in [9.17, 15) is 14.4 Å². The van der Waals surface area contributed by atoms with Crippen LogP contribution in [0.5, 0.6) is 0 Å². The van der Waals surface area contributed by atoms with Crippen LogP contribution in [0.2, 0.25) is 0 Å². The molecule has 20 heavy (non-hydrogen) atoms. The van der Waals surface area contributed by atoms with Crippen molar-refractivity contribution >= 4 is 17.9 Å². The van der Waals surface area contributed by atoms with E-state index in [1.165, 1.54) is 19.0 Å². The van der Waals surface area contributed by atoms with E-state index in [2.05, 4.69) is 10.6 Å². The predicted octanol–water partition coefficient (Wildman–Crippen LogP) is 0.653. The molecule has 0 heterocycles. The Morgan fingerprint density at radius 3 is 2.35 bits per heavy atom. The third-order valence-electron chi connectivity index (χ3n) is 3.03. The average Bonchev–Trinajstić information content (AvgIpc) is 2.41. The van der Waals surface area contributed by atoms with Crippen molar-refractivity contribution in [2.75, 3.05) is 20.6 Å². The summed E-state index contributed by atoms with van der Waals surface area (Å²) in [5, 5.41) is 14.0. The third-order valence-corrected chi connectivity index (χ3v) is 3.03. The van der Waals surface area contributed by atoms with Crippen molar-refractivity contribution in [2.24, 2.45) is 5.92 Å². The van der Waals surface area contributed by atoms with Crippen LogP contribution in [0.1, 0.15) is 33.1 Å². The van der Waals surface area contributed by atoms with Crippen LogP contribution in [0, 0.1) is 5.92 Å². The molecule has 0 fully saturated rings. The summed E-state index contributed by atoms with van der Waals surface area (Å²) in [6.07, 6.45) is 2.00. The van der Waals surface area contributed by atoms with Crippen molar-refractivity contribution in [1.82, 2.24) is 15.5 Å². The van der Waals surface area contributed by atoms with Gasteiger partial charge in [-0.3, -0.25) is 4.79 Å². The number of hydrogen-bond donors (Lipinski definition) is 3. The van der Waals surface area contributed by atoms with E-state index in [0.717, 1.165) is 12.8 Å². The Balaban J connectivity index is 4.41. The van der Waals surface area contributed by atoms with E-state index < -0.39 is 18.0 Å². The fourth-order valence-electron chi connectivity index (χ4n) is 1.75. The molecule has 0 saturated carbocycles. The molecule has 116 valence electrons. The van der Waals surface area contributed by atoms with Gasteiger partial charge >= 0.3 is 12.0 Å². The summed E-state index contributed by atoms with van der Waals surface area (Å²) in [4.78, 5) is 35.6. The number of rotatable bonds is 8. The molecule has 2 unspecified atom stereocenters. The molecule has 0 spiro atoms. The van der Waals surface area contributed by atoms with Crippen LogP contribution >= 0.6 is 0 Å². The molecule has 3 N–H and O–H groups in total. The maximum Gasteiger partial charge on any atom is 0.326 e. The van der Waals surface area contributed by atoms with Gasteiger partial charge in [-0.15, -0.1) is 0 Å². The molecule has 7 heteroatoms. The van der Waals surface area contributed by atoms with Gasteiger partial charge in [0.25, 0.3) is 0 Å². The van der Waals surface area contributed by atoms with Crippen LogP contribution in [0.15, 0.2) is 0 Å². The van der Waals surface area contributed by atoms with Gasteiger partial charge < -0.3 is 20.6 Å². The van der Waals surface area contributed by atoms with E-state index >= 15 is 0 Å². The van der Waals surface area contributed by atoms with Crippen LogP contribution in [0.25, 0.3) is 0 Å². The van der Waals surface area contributed by atoms with Crippen molar-refractivity contribution in [1.29, 1.82) is 0 Å². The first kappa shape index (κ1) is 18.2. The fraction of sp³-hybridized carbons (Fsp3) is 0.769. The van der Waals surface area contributed by atoms with E-state index in [0.29, 0.717) is 6.42 Å². The molecule has 0 saturated heterocycles. The minimum atomic E-state index is -1.04. The van der Waals surface area contributed by atoms with Gasteiger partial charge in [0, 0.05) is 20.6 Å². The number of hydrogen-bond acceptors (Lipinski definition) is 3. The third kappa shape index (κ3) is 6.40. The number of unbranched alkanes of at least 4 members (excludes halogenated alkanes) is 1. The van der Waals surface area contributed by atoms with Gasteiger partial charge in [-0.1, -0.05) is 26.7 Å². The molecule has 0 aliphatic heterocycles. The number of carbonyl (C=O) groups excluding carboxylic acids is 2. The number of urea groups is 1. The normalized spacial score (nSPS) is 13.2. The van der Waals surface area contributed by atoms with Gasteiger partial charge in [0.1, 0.15) is 6.04 Å². The van der Waals surface area contributed by atoms with Crippen molar-refractivity contribution in [2.45, 2.75) is 39.2 Å². The minimum absolute atomic E-state index is 0.162. The average molecular weight is 287 g/mol. The molecule has 0 radical (unpaired) electrons. The Hall–Kier alpha value is -1.79. The number of carbonyl (C=O) groups is 3. The van der Waals surface area contributed by atoms with E-state index in [1.54, 1.807) is 6.92 Å². The van der Waals surface area contributed by atoms with Crippen LogP contribution in [0.4, 0.5) is 4.79 Å². The highest BCUT2D eigenvalue weighted by Gasteiger charge is 2.23. The van der Waals surface area contributed by atoms with Crippen LogP contribution in [-0.4, -0.2) is 54.6 Å². The zero-order valence-corrected chi connectivity index (χ0v) is 12.6. The quantitative estimate of drug-likeness (QED) is 0.610. The van der Waals surface area contributed by atoms with Crippen molar-refractivity contribution < 1.29 is 19.5 Å². The van der Waals surface area contributed by atoms with Gasteiger partial charge in [-0.05, 0) is 6.42 Å². The van der Waals surface area contributed by atoms with Crippen molar-refractivity contribution in [3.8, 4) is 0 Å². The smallest absolute Gasteiger partial charge is 0.326 e. The van der Waals surface area contributed by atoms with Crippen LogP contribution in [0.3, 0.4) is 0 Å². The molecular formula is C13H25N3O4. The van der Waals surface area contributed by atoms with Gasteiger partial charge in [0.15, 0.2) is 0 Å². The van der Waals surface area contributed by atoms with Gasteiger partial charge in [0.05, 0.1) is 5.92 Å². The first-order valence-corrected chi connectivity index (χ1v) is 6.79. The lowest BCUT2D eigenvalue weighted by atomic mass is 10.1. The second kappa shape index (κ2) is 9.17. The number of carboxylic acids is 1. The predicted molar refractivity (Wildman–Crippen MR) is 75.3 cm³/mol. The maximum absolute atomic E-state index is 11.9. The van der Waals surface area contributed by atoms with Crippen LogP contribution in [-0.2, 0) is 9.59 Å². The van der Waals surface area contributed by atoms with E-state index in [1.807, 2.05) is 6.92 Å². The summed E-state index contributed by atoms with van der Waals surface area (Å²) >= 11 is 0. The fourth-order valence-corrected chi connectivity index (χ4v) is 1.75. The van der Waals surface area contributed by atoms with E-state index in [4.69, 9.17) is 5.11 Å². The monoisotopic (exact) mass is 287 g/mol. The Morgan fingerprint density at radius 1 is 1.30 bits per heavy atom. The zero-order chi connectivity index (χ0) is 15.7. The van der Waals surface area contributed by atoms with Crippen LogP contribution < -0.4 is 10.6 Å². The molecule has 0 aliphatic carbocycles.